The van der Waals surface area contributed by atoms with Gasteiger partial charge in [0.1, 0.15) is 11.9 Å². The molecule has 0 aromatic heterocycles. The molecule has 1 amide bonds. The van der Waals surface area contributed by atoms with E-state index in [2.05, 4.69) is 5.32 Å². The van der Waals surface area contributed by atoms with E-state index in [1.165, 1.54) is 36.4 Å². The molecule has 0 fully saturated rings. The summed E-state index contributed by atoms with van der Waals surface area (Å²) < 4.78 is 38.6. The highest BCUT2D eigenvalue weighted by atomic mass is 32.2. The number of carbonyl (C=O) groups excluding carboxylic acids is 1. The lowest BCUT2D eigenvalue weighted by Crippen LogP contribution is -2.47. The van der Waals surface area contributed by atoms with Gasteiger partial charge < -0.3 is 5.32 Å². The van der Waals surface area contributed by atoms with Crippen molar-refractivity contribution in [2.24, 2.45) is 0 Å². The minimum Gasteiger partial charge on any atom is -0.324 e. The van der Waals surface area contributed by atoms with Crippen molar-refractivity contribution in [3.05, 3.63) is 64.5 Å². The third kappa shape index (κ3) is 5.00. The molecular weight excluding hydrogens is 377 g/mol. The first-order valence-electron chi connectivity index (χ1n) is 7.93. The summed E-state index contributed by atoms with van der Waals surface area (Å²) in [5, 5.41) is 13.4. The molecule has 1 N–H and O–H groups in total. The molecule has 0 aliphatic carbocycles. The summed E-state index contributed by atoms with van der Waals surface area (Å²) in [5.74, 6) is -1.20. The highest BCUT2D eigenvalue weighted by molar-refractivity contribution is 7.92. The molecule has 0 saturated carbocycles. The van der Waals surface area contributed by atoms with Crippen LogP contribution in [0.3, 0.4) is 0 Å². The smallest absolute Gasteiger partial charge is 0.271 e. The van der Waals surface area contributed by atoms with Crippen LogP contribution in [0.5, 0.6) is 0 Å². The zero-order chi connectivity index (χ0) is 20.2. The summed E-state index contributed by atoms with van der Waals surface area (Å²) in [7, 11) is -3.86. The predicted molar refractivity (Wildman–Crippen MR) is 99.5 cm³/mol. The second-order valence-corrected chi connectivity index (χ2v) is 7.62. The Kier molecular flexibility index (Phi) is 6.11. The zero-order valence-corrected chi connectivity index (χ0v) is 15.4. The predicted octanol–water partition coefficient (Wildman–Crippen LogP) is 2.92. The van der Waals surface area contributed by atoms with E-state index in [-0.39, 0.29) is 23.5 Å². The van der Waals surface area contributed by atoms with Crippen molar-refractivity contribution in [2.45, 2.75) is 19.4 Å². The van der Waals surface area contributed by atoms with E-state index in [9.17, 15) is 27.7 Å². The van der Waals surface area contributed by atoms with Gasteiger partial charge in [-0.2, -0.15) is 0 Å². The van der Waals surface area contributed by atoms with Gasteiger partial charge in [-0.15, -0.1) is 0 Å². The number of nitro groups is 1. The Morgan fingerprint density at radius 2 is 1.89 bits per heavy atom. The number of nitro benzene ring substituents is 1. The second kappa shape index (κ2) is 8.12. The van der Waals surface area contributed by atoms with Crippen LogP contribution in [0.15, 0.2) is 48.5 Å². The third-order valence-corrected chi connectivity index (χ3v) is 4.92. The molecule has 0 aliphatic heterocycles. The first kappa shape index (κ1) is 20.3. The Morgan fingerprint density at radius 3 is 2.41 bits per heavy atom. The summed E-state index contributed by atoms with van der Waals surface area (Å²) >= 11 is 0. The fraction of sp³-hybridized carbons (Fsp3) is 0.235. The topological polar surface area (TPSA) is 110 Å². The van der Waals surface area contributed by atoms with Crippen molar-refractivity contribution in [2.75, 3.05) is 15.9 Å². The average molecular weight is 395 g/mol. The molecule has 2 aromatic carbocycles. The molecule has 1 atom stereocenters. The van der Waals surface area contributed by atoms with Gasteiger partial charge in [0.15, 0.2) is 0 Å². The minimum atomic E-state index is -3.86. The summed E-state index contributed by atoms with van der Waals surface area (Å²) in [6.07, 6.45) is 1.07. The van der Waals surface area contributed by atoms with Gasteiger partial charge in [-0.3, -0.25) is 19.2 Å². The number of hydrogen-bond acceptors (Lipinski definition) is 5. The molecule has 10 heteroatoms. The van der Waals surface area contributed by atoms with Crippen LogP contribution in [0.25, 0.3) is 0 Å². The van der Waals surface area contributed by atoms with Crippen LogP contribution in [0, 0.1) is 15.9 Å². The molecule has 144 valence electrons. The maximum Gasteiger partial charge on any atom is 0.271 e. The monoisotopic (exact) mass is 395 g/mol. The van der Waals surface area contributed by atoms with Gasteiger partial charge in [0.25, 0.3) is 5.69 Å². The number of amides is 1. The largest absolute Gasteiger partial charge is 0.324 e. The van der Waals surface area contributed by atoms with Gasteiger partial charge >= 0.3 is 0 Å². The van der Waals surface area contributed by atoms with E-state index in [1.54, 1.807) is 6.92 Å². The van der Waals surface area contributed by atoms with Crippen molar-refractivity contribution in [1.82, 2.24) is 0 Å². The van der Waals surface area contributed by atoms with Crippen LogP contribution in [-0.2, 0) is 14.8 Å². The molecular formula is C17H18FN3O5S. The molecule has 0 spiro atoms. The molecule has 27 heavy (non-hydrogen) atoms. The number of nitrogens with one attached hydrogen (secondary N) is 1. The van der Waals surface area contributed by atoms with Crippen molar-refractivity contribution in [3.63, 3.8) is 0 Å². The quantitative estimate of drug-likeness (QED) is 0.573. The average Bonchev–Trinajstić information content (AvgIpc) is 2.59. The molecule has 2 aromatic rings. The molecule has 0 heterocycles. The van der Waals surface area contributed by atoms with Crippen molar-refractivity contribution in [3.8, 4) is 0 Å². The SMILES string of the molecule is CCC(C(=O)Nc1cccc([N+](=O)[O-])c1)N(c1ccc(F)cc1)S(C)(=O)=O. The fourth-order valence-electron chi connectivity index (χ4n) is 2.57. The molecule has 8 nitrogen and oxygen atoms in total. The molecule has 0 bridgehead atoms. The number of hydrogen-bond donors (Lipinski definition) is 1. The van der Waals surface area contributed by atoms with Gasteiger partial charge in [0.05, 0.1) is 16.9 Å². The van der Waals surface area contributed by atoms with Crippen LogP contribution < -0.4 is 9.62 Å². The number of nitrogens with zero attached hydrogens (tertiary/aromatic N) is 2. The van der Waals surface area contributed by atoms with Gasteiger partial charge in [-0.25, -0.2) is 12.8 Å². The van der Waals surface area contributed by atoms with Crippen molar-refractivity contribution >= 4 is 33.0 Å². The summed E-state index contributed by atoms with van der Waals surface area (Å²) in [6.45, 7) is 1.62. The minimum absolute atomic E-state index is 0.130. The van der Waals surface area contributed by atoms with Crippen LogP contribution in [0.4, 0.5) is 21.5 Å². The number of rotatable bonds is 7. The maximum atomic E-state index is 13.2. The number of halogens is 1. The Balaban J connectivity index is 2.36. The highest BCUT2D eigenvalue weighted by Gasteiger charge is 2.31. The van der Waals surface area contributed by atoms with Crippen molar-refractivity contribution < 1.29 is 22.5 Å². The highest BCUT2D eigenvalue weighted by Crippen LogP contribution is 2.24. The van der Waals surface area contributed by atoms with E-state index in [4.69, 9.17) is 0 Å². The van der Waals surface area contributed by atoms with E-state index in [1.807, 2.05) is 0 Å². The Morgan fingerprint density at radius 1 is 1.26 bits per heavy atom. The molecule has 1 unspecified atom stereocenters. The first-order chi connectivity index (χ1) is 12.6. The van der Waals surface area contributed by atoms with E-state index < -0.39 is 32.7 Å². The number of sulfonamides is 1. The zero-order valence-electron chi connectivity index (χ0n) is 14.6. The number of benzene rings is 2. The number of carbonyl (C=O) groups is 1. The number of anilines is 2. The molecule has 0 aliphatic rings. The third-order valence-electron chi connectivity index (χ3n) is 3.74. The summed E-state index contributed by atoms with van der Waals surface area (Å²) in [4.78, 5) is 22.9. The van der Waals surface area contributed by atoms with Gasteiger partial charge in [-0.1, -0.05) is 13.0 Å². The molecule has 0 radical (unpaired) electrons. The van der Waals surface area contributed by atoms with Crippen LogP contribution >= 0.6 is 0 Å². The summed E-state index contributed by atoms with van der Waals surface area (Å²) in [5.41, 5.74) is 0.0968. The van der Waals surface area contributed by atoms with Crippen molar-refractivity contribution in [1.29, 1.82) is 0 Å². The van der Waals surface area contributed by atoms with Gasteiger partial charge in [0.2, 0.25) is 15.9 Å². The number of non-ortho nitro benzene ring substituents is 1. The van der Waals surface area contributed by atoms with E-state index in [0.717, 1.165) is 22.7 Å². The fourth-order valence-corrected chi connectivity index (χ4v) is 3.78. The Labute approximate surface area is 155 Å². The van der Waals surface area contributed by atoms with E-state index >= 15 is 0 Å². The van der Waals surface area contributed by atoms with Crippen LogP contribution in [0.1, 0.15) is 13.3 Å². The Bertz CT molecular complexity index is 947. The second-order valence-electron chi connectivity index (χ2n) is 5.76. The Hall–Kier alpha value is -3.01. The molecule has 0 saturated heterocycles. The standard InChI is InChI=1S/C17H18FN3O5S/c1-3-16(17(22)19-13-5-4-6-15(11-13)21(23)24)20(27(2,25)26)14-9-7-12(18)8-10-14/h4-11,16H,3H2,1-2H3,(H,19,22). The van der Waals surface area contributed by atoms with Crippen LogP contribution in [-0.4, -0.2) is 31.5 Å². The maximum absolute atomic E-state index is 13.2. The van der Waals surface area contributed by atoms with Gasteiger partial charge in [-0.05, 0) is 36.8 Å². The van der Waals surface area contributed by atoms with E-state index in [0.29, 0.717) is 0 Å². The lowest BCUT2D eigenvalue weighted by atomic mass is 10.1. The lowest BCUT2D eigenvalue weighted by molar-refractivity contribution is -0.384. The molecule has 2 rings (SSSR count). The van der Waals surface area contributed by atoms with Crippen LogP contribution in [0.2, 0.25) is 0 Å². The first-order valence-corrected chi connectivity index (χ1v) is 9.78. The van der Waals surface area contributed by atoms with Gasteiger partial charge in [0, 0.05) is 17.8 Å². The normalized spacial score (nSPS) is 12.3. The summed E-state index contributed by atoms with van der Waals surface area (Å²) in [6, 6.07) is 8.91. The lowest BCUT2D eigenvalue weighted by Gasteiger charge is -2.30.